The molecule has 17 heavy (non-hydrogen) atoms. The summed E-state index contributed by atoms with van der Waals surface area (Å²) in [5, 5.41) is 8.92. The lowest BCUT2D eigenvalue weighted by molar-refractivity contribution is 0.295. The van der Waals surface area contributed by atoms with Gasteiger partial charge in [-0.05, 0) is 24.3 Å². The van der Waals surface area contributed by atoms with E-state index in [2.05, 4.69) is 9.97 Å². The van der Waals surface area contributed by atoms with Gasteiger partial charge in [-0.3, -0.25) is 0 Å². The van der Waals surface area contributed by atoms with Crippen LogP contribution in [0.25, 0.3) is 0 Å². The summed E-state index contributed by atoms with van der Waals surface area (Å²) in [5.74, 6) is 1.04. The van der Waals surface area contributed by atoms with Crippen molar-refractivity contribution >= 4 is 5.69 Å². The smallest absolute Gasteiger partial charge is 0.166 e. The zero-order valence-corrected chi connectivity index (χ0v) is 9.00. The van der Waals surface area contributed by atoms with E-state index >= 15 is 0 Å². The summed E-state index contributed by atoms with van der Waals surface area (Å²) in [7, 11) is 0. The van der Waals surface area contributed by atoms with Gasteiger partial charge in [-0.25, -0.2) is 9.97 Å². The molecule has 5 nitrogen and oxygen atoms in total. The lowest BCUT2D eigenvalue weighted by Gasteiger charge is -2.07. The standard InChI is InChI=1S/C12H10N4O/c13-7-9-6-10(14)2-3-11(9)17-8-12-15-4-1-5-16-12/h1-6H,8,14H2. The molecule has 0 fully saturated rings. The third-order valence-corrected chi connectivity index (χ3v) is 2.10. The first-order valence-electron chi connectivity index (χ1n) is 4.98. The van der Waals surface area contributed by atoms with Gasteiger partial charge < -0.3 is 10.5 Å². The Hall–Kier alpha value is -2.61. The minimum Gasteiger partial charge on any atom is -0.484 e. The van der Waals surface area contributed by atoms with Crippen molar-refractivity contribution in [3.05, 3.63) is 48.0 Å². The van der Waals surface area contributed by atoms with Crippen LogP contribution in [0, 0.1) is 11.3 Å². The molecule has 2 aromatic rings. The van der Waals surface area contributed by atoms with Crippen LogP contribution in [0.5, 0.6) is 5.75 Å². The van der Waals surface area contributed by atoms with E-state index in [1.165, 1.54) is 0 Å². The number of ether oxygens (including phenoxy) is 1. The molecule has 0 saturated heterocycles. The van der Waals surface area contributed by atoms with Crippen LogP contribution in [-0.4, -0.2) is 9.97 Å². The SMILES string of the molecule is N#Cc1cc(N)ccc1OCc1ncccn1. The van der Waals surface area contributed by atoms with Gasteiger partial charge in [0, 0.05) is 18.1 Å². The van der Waals surface area contributed by atoms with Crippen LogP contribution in [0.15, 0.2) is 36.7 Å². The number of hydrogen-bond acceptors (Lipinski definition) is 5. The van der Waals surface area contributed by atoms with Gasteiger partial charge in [0.05, 0.1) is 5.56 Å². The Bertz CT molecular complexity index is 548. The fourth-order valence-electron chi connectivity index (χ4n) is 1.31. The molecule has 0 unspecified atom stereocenters. The molecule has 0 aliphatic carbocycles. The lowest BCUT2D eigenvalue weighted by Crippen LogP contribution is -2.01. The molecule has 0 amide bonds. The fraction of sp³-hybridized carbons (Fsp3) is 0.0833. The molecule has 2 rings (SSSR count). The Morgan fingerprint density at radius 1 is 1.29 bits per heavy atom. The number of anilines is 1. The molecule has 0 aliphatic rings. The first kappa shape index (κ1) is 10.9. The minimum absolute atomic E-state index is 0.222. The number of aromatic nitrogens is 2. The second kappa shape index (κ2) is 4.94. The largest absolute Gasteiger partial charge is 0.484 e. The monoisotopic (exact) mass is 226 g/mol. The van der Waals surface area contributed by atoms with Crippen molar-refractivity contribution in [1.29, 1.82) is 5.26 Å². The van der Waals surface area contributed by atoms with Gasteiger partial charge in [-0.1, -0.05) is 0 Å². The summed E-state index contributed by atoms with van der Waals surface area (Å²) in [4.78, 5) is 8.05. The zero-order valence-electron chi connectivity index (χ0n) is 9.00. The van der Waals surface area contributed by atoms with Gasteiger partial charge in [-0.2, -0.15) is 5.26 Å². The Balaban J connectivity index is 2.12. The maximum Gasteiger partial charge on any atom is 0.166 e. The van der Waals surface area contributed by atoms with E-state index in [0.29, 0.717) is 22.8 Å². The maximum absolute atomic E-state index is 8.92. The molecule has 2 N–H and O–H groups in total. The second-order valence-corrected chi connectivity index (χ2v) is 3.32. The molecular weight excluding hydrogens is 216 g/mol. The van der Waals surface area contributed by atoms with Crippen molar-refractivity contribution in [1.82, 2.24) is 9.97 Å². The molecule has 1 aromatic carbocycles. The number of nitrogens with two attached hydrogens (primary N) is 1. The van der Waals surface area contributed by atoms with Crippen LogP contribution in [0.2, 0.25) is 0 Å². The van der Waals surface area contributed by atoms with Crippen LogP contribution < -0.4 is 10.5 Å². The highest BCUT2D eigenvalue weighted by Gasteiger charge is 2.04. The average Bonchev–Trinajstić information content (AvgIpc) is 2.38. The molecule has 0 bridgehead atoms. The van der Waals surface area contributed by atoms with Crippen molar-refractivity contribution in [3.63, 3.8) is 0 Å². The van der Waals surface area contributed by atoms with E-state index < -0.39 is 0 Å². The molecule has 5 heteroatoms. The maximum atomic E-state index is 8.92. The molecular formula is C12H10N4O. The van der Waals surface area contributed by atoms with E-state index in [1.54, 1.807) is 36.7 Å². The normalized spacial score (nSPS) is 9.59. The van der Waals surface area contributed by atoms with E-state index in [1.807, 2.05) is 6.07 Å². The Labute approximate surface area is 98.5 Å². The number of nitrogen functional groups attached to an aromatic ring is 1. The minimum atomic E-state index is 0.222. The van der Waals surface area contributed by atoms with Crippen molar-refractivity contribution in [2.24, 2.45) is 0 Å². The van der Waals surface area contributed by atoms with Gasteiger partial charge in [0.25, 0.3) is 0 Å². The molecule has 0 atom stereocenters. The fourth-order valence-corrected chi connectivity index (χ4v) is 1.31. The van der Waals surface area contributed by atoms with E-state index in [9.17, 15) is 0 Å². The Kier molecular flexibility index (Phi) is 3.17. The topological polar surface area (TPSA) is 84.8 Å². The molecule has 0 spiro atoms. The highest BCUT2D eigenvalue weighted by atomic mass is 16.5. The highest BCUT2D eigenvalue weighted by molar-refractivity contribution is 5.53. The van der Waals surface area contributed by atoms with Crippen LogP contribution in [0.1, 0.15) is 11.4 Å². The van der Waals surface area contributed by atoms with Gasteiger partial charge in [0.15, 0.2) is 5.82 Å². The van der Waals surface area contributed by atoms with Gasteiger partial charge >= 0.3 is 0 Å². The van der Waals surface area contributed by atoms with Crippen LogP contribution in [-0.2, 0) is 6.61 Å². The summed E-state index contributed by atoms with van der Waals surface area (Å²) >= 11 is 0. The quantitative estimate of drug-likeness (QED) is 0.802. The predicted octanol–water partition coefficient (Wildman–Crippen LogP) is 1.51. The van der Waals surface area contributed by atoms with Crippen LogP contribution in [0.4, 0.5) is 5.69 Å². The van der Waals surface area contributed by atoms with Crippen molar-refractivity contribution in [3.8, 4) is 11.8 Å². The van der Waals surface area contributed by atoms with Crippen LogP contribution >= 0.6 is 0 Å². The second-order valence-electron chi connectivity index (χ2n) is 3.32. The first-order chi connectivity index (χ1) is 8.29. The summed E-state index contributed by atoms with van der Waals surface area (Å²) in [5.41, 5.74) is 6.51. The third kappa shape index (κ3) is 2.69. The van der Waals surface area contributed by atoms with Gasteiger partial charge in [0.2, 0.25) is 0 Å². The van der Waals surface area contributed by atoms with Gasteiger partial charge in [0.1, 0.15) is 18.4 Å². The van der Waals surface area contributed by atoms with Gasteiger partial charge in [-0.15, -0.1) is 0 Å². The van der Waals surface area contributed by atoms with Crippen molar-refractivity contribution in [2.75, 3.05) is 5.73 Å². The summed E-state index contributed by atoms with van der Waals surface area (Å²) in [6.45, 7) is 0.222. The van der Waals surface area contributed by atoms with E-state index in [0.717, 1.165) is 0 Å². The Morgan fingerprint density at radius 3 is 2.76 bits per heavy atom. The number of hydrogen-bond donors (Lipinski definition) is 1. The average molecular weight is 226 g/mol. The van der Waals surface area contributed by atoms with E-state index in [-0.39, 0.29) is 6.61 Å². The zero-order chi connectivity index (χ0) is 12.1. The van der Waals surface area contributed by atoms with Crippen molar-refractivity contribution in [2.45, 2.75) is 6.61 Å². The van der Waals surface area contributed by atoms with E-state index in [4.69, 9.17) is 15.7 Å². The molecule has 0 saturated carbocycles. The lowest BCUT2D eigenvalue weighted by atomic mass is 10.2. The van der Waals surface area contributed by atoms with Crippen molar-refractivity contribution < 1.29 is 4.74 Å². The summed E-state index contributed by atoms with van der Waals surface area (Å²) in [6, 6.07) is 8.67. The molecule has 1 heterocycles. The number of nitriles is 1. The predicted molar refractivity (Wildman–Crippen MR) is 61.9 cm³/mol. The highest BCUT2D eigenvalue weighted by Crippen LogP contribution is 2.20. The molecule has 0 aliphatic heterocycles. The third-order valence-electron chi connectivity index (χ3n) is 2.10. The molecule has 0 radical (unpaired) electrons. The number of rotatable bonds is 3. The summed E-state index contributed by atoms with van der Waals surface area (Å²) in [6.07, 6.45) is 3.28. The molecule has 1 aromatic heterocycles. The Morgan fingerprint density at radius 2 is 2.06 bits per heavy atom. The summed E-state index contributed by atoms with van der Waals surface area (Å²) < 4.78 is 5.47. The van der Waals surface area contributed by atoms with Crippen LogP contribution in [0.3, 0.4) is 0 Å². The molecule has 84 valence electrons. The first-order valence-corrected chi connectivity index (χ1v) is 4.98. The number of benzene rings is 1. The number of nitrogens with zero attached hydrogens (tertiary/aromatic N) is 3.